The summed E-state index contributed by atoms with van der Waals surface area (Å²) in [5.74, 6) is 0.0661. The van der Waals surface area contributed by atoms with Gasteiger partial charge < -0.3 is 15.2 Å². The molecule has 6 nitrogen and oxygen atoms in total. The number of hydrogen-bond acceptors (Lipinski definition) is 4. The molecule has 0 aliphatic carbocycles. The lowest BCUT2D eigenvalue weighted by molar-refractivity contribution is -0.119. The Hall–Kier alpha value is -2.13. The number of anilines is 1. The lowest BCUT2D eigenvalue weighted by Gasteiger charge is -2.23. The number of nitrogens with zero attached hydrogens (tertiary/aromatic N) is 1. The molecule has 1 fully saturated rings. The summed E-state index contributed by atoms with van der Waals surface area (Å²) in [5.41, 5.74) is 2.63. The molecule has 2 N–H and O–H groups in total. The van der Waals surface area contributed by atoms with Gasteiger partial charge in [0.2, 0.25) is 5.91 Å². The number of para-hydroxylation sites is 1. The molecule has 0 aromatic heterocycles. The maximum atomic E-state index is 12.8. The number of halogens is 1. The van der Waals surface area contributed by atoms with E-state index in [1.54, 1.807) is 24.3 Å². The minimum atomic E-state index is -0.783. The second kappa shape index (κ2) is 8.26. The molecular weight excluding hydrogens is 459 g/mol. The van der Waals surface area contributed by atoms with E-state index < -0.39 is 18.2 Å². The molecule has 0 bridgehead atoms. The molecule has 1 aliphatic rings. The van der Waals surface area contributed by atoms with Crippen molar-refractivity contribution in [3.05, 3.63) is 57.2 Å². The van der Waals surface area contributed by atoms with Gasteiger partial charge in [0.05, 0.1) is 12.6 Å². The highest BCUT2D eigenvalue weighted by Gasteiger charge is 2.40. The molecule has 0 unspecified atom stereocenters. The Bertz CT molecular complexity index is 833. The van der Waals surface area contributed by atoms with Gasteiger partial charge in [-0.05, 0) is 71.8 Å². The van der Waals surface area contributed by atoms with Gasteiger partial charge in [-0.15, -0.1) is 0 Å². The summed E-state index contributed by atoms with van der Waals surface area (Å²) >= 11 is 2.23. The first-order valence-corrected chi connectivity index (χ1v) is 9.72. The van der Waals surface area contributed by atoms with Gasteiger partial charge in [-0.2, -0.15) is 0 Å². The number of ether oxygens (including phenoxy) is 1. The SMILES string of the molecule is Cc1cc(I)cc(C)c1NC(=O)[C@H]1C[C@@H](O)CN1C(=O)Oc1ccccc1. The van der Waals surface area contributed by atoms with Crippen LogP contribution in [0.1, 0.15) is 17.5 Å². The van der Waals surface area contributed by atoms with Crippen molar-refractivity contribution in [2.24, 2.45) is 0 Å². The summed E-state index contributed by atoms with van der Waals surface area (Å²) in [7, 11) is 0. The van der Waals surface area contributed by atoms with Crippen LogP contribution in [-0.4, -0.2) is 40.7 Å². The third-order valence-electron chi connectivity index (χ3n) is 4.51. The second-order valence-electron chi connectivity index (χ2n) is 6.64. The smallest absolute Gasteiger partial charge is 0.410 e. The van der Waals surface area contributed by atoms with Crippen molar-refractivity contribution >= 4 is 40.3 Å². The predicted molar refractivity (Wildman–Crippen MR) is 111 cm³/mol. The van der Waals surface area contributed by atoms with E-state index in [0.717, 1.165) is 20.4 Å². The molecule has 27 heavy (non-hydrogen) atoms. The Kier molecular flexibility index (Phi) is 6.01. The zero-order chi connectivity index (χ0) is 19.6. The van der Waals surface area contributed by atoms with E-state index in [-0.39, 0.29) is 18.9 Å². The molecule has 1 aliphatic heterocycles. The van der Waals surface area contributed by atoms with Crippen molar-refractivity contribution in [2.45, 2.75) is 32.4 Å². The molecule has 142 valence electrons. The Morgan fingerprint density at radius 2 is 1.81 bits per heavy atom. The first-order valence-electron chi connectivity index (χ1n) is 8.64. The monoisotopic (exact) mass is 480 g/mol. The van der Waals surface area contributed by atoms with E-state index in [9.17, 15) is 14.7 Å². The fourth-order valence-corrected chi connectivity index (χ4v) is 4.16. The van der Waals surface area contributed by atoms with Gasteiger partial charge >= 0.3 is 6.09 Å². The van der Waals surface area contributed by atoms with Gasteiger partial charge in [-0.3, -0.25) is 9.69 Å². The number of aliphatic hydroxyl groups excluding tert-OH is 1. The number of aryl methyl sites for hydroxylation is 2. The summed E-state index contributed by atoms with van der Waals surface area (Å²) in [6.45, 7) is 3.92. The topological polar surface area (TPSA) is 78.9 Å². The fourth-order valence-electron chi connectivity index (χ4n) is 3.23. The zero-order valence-electron chi connectivity index (χ0n) is 15.1. The lowest BCUT2D eigenvalue weighted by atomic mass is 10.1. The molecule has 2 amide bonds. The summed E-state index contributed by atoms with van der Waals surface area (Å²) in [4.78, 5) is 26.6. The third-order valence-corrected chi connectivity index (χ3v) is 5.13. The molecule has 7 heteroatoms. The Labute approximate surface area is 171 Å². The van der Waals surface area contributed by atoms with Crippen LogP contribution in [0.5, 0.6) is 5.75 Å². The molecule has 1 heterocycles. The maximum Gasteiger partial charge on any atom is 0.416 e. The number of amides is 2. The van der Waals surface area contributed by atoms with Gasteiger partial charge in [0.1, 0.15) is 11.8 Å². The van der Waals surface area contributed by atoms with Crippen LogP contribution in [0.4, 0.5) is 10.5 Å². The average molecular weight is 480 g/mol. The highest BCUT2D eigenvalue weighted by molar-refractivity contribution is 14.1. The summed E-state index contributed by atoms with van der Waals surface area (Å²) < 4.78 is 6.42. The lowest BCUT2D eigenvalue weighted by Crippen LogP contribution is -2.44. The highest BCUT2D eigenvalue weighted by Crippen LogP contribution is 2.26. The first kappa shape index (κ1) is 19.6. The number of likely N-dealkylation sites (tertiary alicyclic amines) is 1. The number of carbonyl (C=O) groups excluding carboxylic acids is 2. The minimum Gasteiger partial charge on any atom is -0.410 e. The van der Waals surface area contributed by atoms with E-state index in [1.165, 1.54) is 4.90 Å². The van der Waals surface area contributed by atoms with E-state index in [2.05, 4.69) is 27.9 Å². The van der Waals surface area contributed by atoms with Crippen LogP contribution in [-0.2, 0) is 4.79 Å². The van der Waals surface area contributed by atoms with Gasteiger partial charge in [-0.25, -0.2) is 4.79 Å². The first-order chi connectivity index (χ1) is 12.8. The Morgan fingerprint density at radius 1 is 1.19 bits per heavy atom. The van der Waals surface area contributed by atoms with Crippen molar-refractivity contribution in [1.29, 1.82) is 0 Å². The van der Waals surface area contributed by atoms with E-state index in [4.69, 9.17) is 4.74 Å². The molecule has 2 aromatic rings. The van der Waals surface area contributed by atoms with Crippen LogP contribution in [0.3, 0.4) is 0 Å². The zero-order valence-corrected chi connectivity index (χ0v) is 17.3. The maximum absolute atomic E-state index is 12.8. The summed E-state index contributed by atoms with van der Waals surface area (Å²) in [6, 6.07) is 11.8. The van der Waals surface area contributed by atoms with Crippen LogP contribution in [0.2, 0.25) is 0 Å². The average Bonchev–Trinajstić information content (AvgIpc) is 3.01. The number of aliphatic hydroxyl groups is 1. The summed E-state index contributed by atoms with van der Waals surface area (Å²) in [6.07, 6.45) is -1.23. The third kappa shape index (κ3) is 4.59. The van der Waals surface area contributed by atoms with Gasteiger partial charge in [0.25, 0.3) is 0 Å². The second-order valence-corrected chi connectivity index (χ2v) is 7.89. The van der Waals surface area contributed by atoms with E-state index >= 15 is 0 Å². The van der Waals surface area contributed by atoms with Crippen LogP contribution in [0.25, 0.3) is 0 Å². The molecule has 0 radical (unpaired) electrons. The molecule has 2 aromatic carbocycles. The highest BCUT2D eigenvalue weighted by atomic mass is 127. The number of β-amino-alcohol motifs (C(OH)–C–C–N with tert-alkyl or cyclic N) is 1. The van der Waals surface area contributed by atoms with Crippen molar-refractivity contribution in [1.82, 2.24) is 4.90 Å². The van der Waals surface area contributed by atoms with E-state index in [1.807, 2.05) is 32.0 Å². The van der Waals surface area contributed by atoms with Gasteiger partial charge in [-0.1, -0.05) is 18.2 Å². The number of carbonyl (C=O) groups is 2. The van der Waals surface area contributed by atoms with E-state index in [0.29, 0.717) is 5.75 Å². The predicted octanol–water partition coefficient (Wildman–Crippen LogP) is 3.48. The Balaban J connectivity index is 1.75. The number of rotatable bonds is 3. The van der Waals surface area contributed by atoms with Crippen LogP contribution >= 0.6 is 22.6 Å². The number of hydrogen-bond donors (Lipinski definition) is 2. The molecule has 0 spiro atoms. The quantitative estimate of drug-likeness (QED) is 0.660. The van der Waals surface area contributed by atoms with Crippen LogP contribution in [0, 0.1) is 17.4 Å². The molecule has 3 rings (SSSR count). The van der Waals surface area contributed by atoms with Gasteiger partial charge in [0.15, 0.2) is 0 Å². The standard InChI is InChI=1S/C20H21IN2O4/c1-12-8-14(21)9-13(2)18(12)22-19(25)17-10-15(24)11-23(17)20(26)27-16-6-4-3-5-7-16/h3-9,15,17,24H,10-11H2,1-2H3,(H,22,25)/t15-,17-/m1/s1. The van der Waals surface area contributed by atoms with Crippen LogP contribution < -0.4 is 10.1 Å². The number of nitrogens with one attached hydrogen (secondary N) is 1. The molecule has 2 atom stereocenters. The molecular formula is C20H21IN2O4. The van der Waals surface area contributed by atoms with Crippen LogP contribution in [0.15, 0.2) is 42.5 Å². The fraction of sp³-hybridized carbons (Fsp3) is 0.300. The van der Waals surface area contributed by atoms with Crippen molar-refractivity contribution in [2.75, 3.05) is 11.9 Å². The van der Waals surface area contributed by atoms with Crippen molar-refractivity contribution in [3.63, 3.8) is 0 Å². The largest absolute Gasteiger partial charge is 0.416 e. The summed E-state index contributed by atoms with van der Waals surface area (Å²) in [5, 5.41) is 12.9. The van der Waals surface area contributed by atoms with Crippen molar-refractivity contribution in [3.8, 4) is 5.75 Å². The molecule has 0 saturated carbocycles. The van der Waals surface area contributed by atoms with Crippen molar-refractivity contribution < 1.29 is 19.4 Å². The minimum absolute atomic E-state index is 0.0639. The Morgan fingerprint density at radius 3 is 2.44 bits per heavy atom. The normalized spacial score (nSPS) is 19.0. The molecule has 1 saturated heterocycles. The number of benzene rings is 2. The van der Waals surface area contributed by atoms with Gasteiger partial charge in [0, 0.05) is 15.7 Å².